The largest absolute Gasteiger partial charge is 0.392 e. The Morgan fingerprint density at radius 3 is 2.67 bits per heavy atom. The SMILES string of the molecule is N#Cc1c[nH]c(C(=O)N2CCC(C(O)Cc3ccccc3)CC2)c1. The van der Waals surface area contributed by atoms with Gasteiger partial charge in [0.25, 0.3) is 5.91 Å². The fourth-order valence-corrected chi connectivity index (χ4v) is 3.26. The number of amides is 1. The van der Waals surface area contributed by atoms with Gasteiger partial charge in [0.05, 0.1) is 11.7 Å². The Labute approximate surface area is 141 Å². The van der Waals surface area contributed by atoms with E-state index in [0.717, 1.165) is 18.4 Å². The van der Waals surface area contributed by atoms with E-state index in [1.54, 1.807) is 17.2 Å². The number of benzene rings is 1. The highest BCUT2D eigenvalue weighted by atomic mass is 16.3. The third-order valence-electron chi connectivity index (χ3n) is 4.70. The molecular weight excluding hydrogens is 302 g/mol. The van der Waals surface area contributed by atoms with Crippen LogP contribution >= 0.6 is 0 Å². The molecule has 2 heterocycles. The Bertz CT molecular complexity index is 725. The molecule has 1 aliphatic rings. The van der Waals surface area contributed by atoms with E-state index in [-0.39, 0.29) is 17.9 Å². The van der Waals surface area contributed by atoms with Crippen molar-refractivity contribution in [2.24, 2.45) is 5.92 Å². The Kier molecular flexibility index (Phi) is 4.97. The molecule has 2 aromatic rings. The van der Waals surface area contributed by atoms with Gasteiger partial charge < -0.3 is 15.0 Å². The highest BCUT2D eigenvalue weighted by Crippen LogP contribution is 2.24. The molecular formula is C19H21N3O2. The van der Waals surface area contributed by atoms with Gasteiger partial charge >= 0.3 is 0 Å². The Balaban J connectivity index is 1.53. The maximum Gasteiger partial charge on any atom is 0.270 e. The maximum atomic E-state index is 12.4. The number of nitrogens with one attached hydrogen (secondary N) is 1. The first-order chi connectivity index (χ1) is 11.7. The van der Waals surface area contributed by atoms with E-state index in [1.165, 1.54) is 0 Å². The molecule has 1 amide bonds. The summed E-state index contributed by atoms with van der Waals surface area (Å²) >= 11 is 0. The molecule has 124 valence electrons. The Morgan fingerprint density at radius 1 is 1.33 bits per heavy atom. The average molecular weight is 323 g/mol. The lowest BCUT2D eigenvalue weighted by molar-refractivity contribution is 0.0464. The number of nitriles is 1. The zero-order valence-corrected chi connectivity index (χ0v) is 13.5. The summed E-state index contributed by atoms with van der Waals surface area (Å²) < 4.78 is 0. The van der Waals surface area contributed by atoms with Crippen molar-refractivity contribution in [3.8, 4) is 6.07 Å². The van der Waals surface area contributed by atoms with Gasteiger partial charge in [-0.15, -0.1) is 0 Å². The number of aromatic nitrogens is 1. The van der Waals surface area contributed by atoms with Crippen molar-refractivity contribution >= 4 is 5.91 Å². The molecule has 1 atom stereocenters. The second kappa shape index (κ2) is 7.33. The minimum Gasteiger partial charge on any atom is -0.392 e. The molecule has 0 spiro atoms. The average Bonchev–Trinajstić information content (AvgIpc) is 3.11. The van der Waals surface area contributed by atoms with Crippen LogP contribution in [0.15, 0.2) is 42.6 Å². The predicted molar refractivity (Wildman–Crippen MR) is 90.3 cm³/mol. The highest BCUT2D eigenvalue weighted by Gasteiger charge is 2.28. The van der Waals surface area contributed by atoms with E-state index in [4.69, 9.17) is 5.26 Å². The zero-order chi connectivity index (χ0) is 16.9. The number of hydrogen-bond acceptors (Lipinski definition) is 3. The monoisotopic (exact) mass is 323 g/mol. The first kappa shape index (κ1) is 16.3. The van der Waals surface area contributed by atoms with E-state index in [9.17, 15) is 9.90 Å². The molecule has 0 aliphatic carbocycles. The lowest BCUT2D eigenvalue weighted by atomic mass is 9.88. The van der Waals surface area contributed by atoms with Gasteiger partial charge in [-0.05, 0) is 36.8 Å². The van der Waals surface area contributed by atoms with Crippen molar-refractivity contribution in [1.29, 1.82) is 5.26 Å². The van der Waals surface area contributed by atoms with Crippen molar-refractivity contribution in [2.75, 3.05) is 13.1 Å². The molecule has 5 nitrogen and oxygen atoms in total. The number of aromatic amines is 1. The van der Waals surface area contributed by atoms with E-state index in [0.29, 0.717) is 30.8 Å². The normalized spacial score (nSPS) is 16.6. The lowest BCUT2D eigenvalue weighted by Gasteiger charge is -2.34. The molecule has 5 heteroatoms. The van der Waals surface area contributed by atoms with E-state index in [2.05, 4.69) is 4.98 Å². The van der Waals surface area contributed by atoms with E-state index >= 15 is 0 Å². The molecule has 2 N–H and O–H groups in total. The predicted octanol–water partition coefficient (Wildman–Crippen LogP) is 2.34. The van der Waals surface area contributed by atoms with Gasteiger partial charge in [0.2, 0.25) is 0 Å². The molecule has 1 aromatic heterocycles. The first-order valence-corrected chi connectivity index (χ1v) is 8.27. The summed E-state index contributed by atoms with van der Waals surface area (Å²) in [5, 5.41) is 19.3. The van der Waals surface area contributed by atoms with E-state index < -0.39 is 0 Å². The van der Waals surface area contributed by atoms with Gasteiger partial charge in [0.1, 0.15) is 11.8 Å². The zero-order valence-electron chi connectivity index (χ0n) is 13.5. The summed E-state index contributed by atoms with van der Waals surface area (Å²) in [6.07, 6.45) is 3.42. The molecule has 0 radical (unpaired) electrons. The van der Waals surface area contributed by atoms with Crippen LogP contribution in [0.5, 0.6) is 0 Å². The number of rotatable bonds is 4. The maximum absolute atomic E-state index is 12.4. The third kappa shape index (κ3) is 3.66. The van der Waals surface area contributed by atoms with Crippen molar-refractivity contribution in [2.45, 2.75) is 25.4 Å². The number of aliphatic hydroxyl groups excluding tert-OH is 1. The summed E-state index contributed by atoms with van der Waals surface area (Å²) in [6.45, 7) is 1.27. The van der Waals surface area contributed by atoms with Crippen molar-refractivity contribution < 1.29 is 9.90 Å². The van der Waals surface area contributed by atoms with Gasteiger partial charge in [0.15, 0.2) is 0 Å². The van der Waals surface area contributed by atoms with Crippen LogP contribution in [0.4, 0.5) is 0 Å². The number of H-pyrrole nitrogens is 1. The minimum absolute atomic E-state index is 0.0764. The number of carbonyl (C=O) groups is 1. The van der Waals surface area contributed by atoms with E-state index in [1.807, 2.05) is 36.4 Å². The van der Waals surface area contributed by atoms with Gasteiger partial charge in [-0.1, -0.05) is 30.3 Å². The molecule has 1 unspecified atom stereocenters. The summed E-state index contributed by atoms with van der Waals surface area (Å²) in [5.74, 6) is 0.139. The van der Waals surface area contributed by atoms with Crippen molar-refractivity contribution in [3.05, 3.63) is 59.4 Å². The molecule has 0 bridgehead atoms. The van der Waals surface area contributed by atoms with Crippen LogP contribution in [0.3, 0.4) is 0 Å². The van der Waals surface area contributed by atoms with Crippen LogP contribution < -0.4 is 0 Å². The second-order valence-electron chi connectivity index (χ2n) is 6.30. The van der Waals surface area contributed by atoms with Crippen LogP contribution in [0, 0.1) is 17.2 Å². The second-order valence-corrected chi connectivity index (χ2v) is 6.30. The molecule has 1 saturated heterocycles. The topological polar surface area (TPSA) is 80.1 Å². The van der Waals surface area contributed by atoms with Crippen LogP contribution in [0.25, 0.3) is 0 Å². The number of likely N-dealkylation sites (tertiary alicyclic amines) is 1. The van der Waals surface area contributed by atoms with Gasteiger partial charge in [-0.25, -0.2) is 0 Å². The van der Waals surface area contributed by atoms with Crippen LogP contribution in [0.2, 0.25) is 0 Å². The van der Waals surface area contributed by atoms with Crippen LogP contribution in [-0.4, -0.2) is 40.1 Å². The summed E-state index contributed by atoms with van der Waals surface area (Å²) in [6, 6.07) is 13.6. The number of nitrogens with zero attached hydrogens (tertiary/aromatic N) is 2. The fraction of sp³-hybridized carbons (Fsp3) is 0.368. The Morgan fingerprint density at radius 2 is 2.04 bits per heavy atom. The standard InChI is InChI=1S/C19H21N3O2/c20-12-15-10-17(21-13-15)19(24)22-8-6-16(7-9-22)18(23)11-14-4-2-1-3-5-14/h1-5,10,13,16,18,21,23H,6-9,11H2. The smallest absolute Gasteiger partial charge is 0.270 e. The fourth-order valence-electron chi connectivity index (χ4n) is 3.26. The third-order valence-corrected chi connectivity index (χ3v) is 4.70. The minimum atomic E-state index is -0.375. The Hall–Kier alpha value is -2.58. The number of aliphatic hydroxyl groups is 1. The molecule has 3 rings (SSSR count). The number of hydrogen-bond donors (Lipinski definition) is 2. The van der Waals surface area contributed by atoms with Gasteiger partial charge in [-0.2, -0.15) is 5.26 Å². The number of carbonyl (C=O) groups excluding carboxylic acids is 1. The van der Waals surface area contributed by atoms with Crippen LogP contribution in [-0.2, 0) is 6.42 Å². The highest BCUT2D eigenvalue weighted by molar-refractivity contribution is 5.92. The molecule has 24 heavy (non-hydrogen) atoms. The summed E-state index contributed by atoms with van der Waals surface area (Å²) in [4.78, 5) is 17.1. The summed E-state index contributed by atoms with van der Waals surface area (Å²) in [5.41, 5.74) is 2.06. The van der Waals surface area contributed by atoms with Crippen molar-refractivity contribution in [3.63, 3.8) is 0 Å². The first-order valence-electron chi connectivity index (χ1n) is 8.27. The van der Waals surface area contributed by atoms with Gasteiger partial charge in [0, 0.05) is 19.3 Å². The summed E-state index contributed by atoms with van der Waals surface area (Å²) in [7, 11) is 0. The van der Waals surface area contributed by atoms with Crippen molar-refractivity contribution in [1.82, 2.24) is 9.88 Å². The molecule has 1 aromatic carbocycles. The molecule has 0 saturated carbocycles. The van der Waals surface area contributed by atoms with Gasteiger partial charge in [-0.3, -0.25) is 4.79 Å². The quantitative estimate of drug-likeness (QED) is 0.906. The lowest BCUT2D eigenvalue weighted by Crippen LogP contribution is -2.41. The van der Waals surface area contributed by atoms with Crippen LogP contribution in [0.1, 0.15) is 34.5 Å². The number of piperidine rings is 1. The molecule has 1 aliphatic heterocycles. The molecule has 1 fully saturated rings.